The second-order valence-corrected chi connectivity index (χ2v) is 5.78. The maximum atomic E-state index is 12.6. The zero-order valence-electron chi connectivity index (χ0n) is 14.6. The first-order chi connectivity index (χ1) is 13.1. The molecule has 2 aromatic carbocycles. The van der Waals surface area contributed by atoms with Gasteiger partial charge in [0.1, 0.15) is 5.69 Å². The van der Waals surface area contributed by atoms with Crippen LogP contribution in [0.2, 0.25) is 0 Å². The van der Waals surface area contributed by atoms with Crippen LogP contribution in [0.3, 0.4) is 0 Å². The molecule has 7 nitrogen and oxygen atoms in total. The smallest absolute Gasteiger partial charge is 0.275 e. The van der Waals surface area contributed by atoms with Crippen LogP contribution in [0.1, 0.15) is 39.1 Å². The summed E-state index contributed by atoms with van der Waals surface area (Å²) in [5.74, 6) is -1.67. The summed E-state index contributed by atoms with van der Waals surface area (Å²) >= 11 is 0. The van der Waals surface area contributed by atoms with Crippen LogP contribution in [0.5, 0.6) is 0 Å². The highest BCUT2D eigenvalue weighted by Gasteiger charge is 2.27. The highest BCUT2D eigenvalue weighted by molar-refractivity contribution is 6.15. The predicted molar refractivity (Wildman–Crippen MR) is 98.3 cm³/mol. The summed E-state index contributed by atoms with van der Waals surface area (Å²) in [4.78, 5) is 36.7. The standard InChI is InChI=1S/C20H17N3O4/c1-13(24)22-16-17(20(26)21-12-14-8-4-2-5-9-14)23-27-19(16)18(25)15-10-6-3-7-11-15/h2-11H,12H2,1H3,(H,21,26)(H,22,24). The number of aromatic nitrogens is 1. The molecule has 27 heavy (non-hydrogen) atoms. The van der Waals surface area contributed by atoms with Gasteiger partial charge in [-0.15, -0.1) is 0 Å². The number of hydrogen-bond donors (Lipinski definition) is 2. The first-order valence-corrected chi connectivity index (χ1v) is 8.25. The van der Waals surface area contributed by atoms with Crippen molar-refractivity contribution in [2.75, 3.05) is 5.32 Å². The molecule has 1 heterocycles. The van der Waals surface area contributed by atoms with Gasteiger partial charge in [0.15, 0.2) is 5.69 Å². The van der Waals surface area contributed by atoms with Crippen molar-refractivity contribution in [1.82, 2.24) is 10.5 Å². The largest absolute Gasteiger partial charge is 0.350 e. The van der Waals surface area contributed by atoms with Gasteiger partial charge in [-0.1, -0.05) is 65.8 Å². The third-order valence-corrected chi connectivity index (χ3v) is 3.75. The fourth-order valence-electron chi connectivity index (χ4n) is 2.47. The molecule has 0 aliphatic rings. The average Bonchev–Trinajstić information content (AvgIpc) is 3.10. The number of hydrogen-bond acceptors (Lipinski definition) is 5. The number of nitrogens with zero attached hydrogens (tertiary/aromatic N) is 1. The Kier molecular flexibility index (Phi) is 5.41. The van der Waals surface area contributed by atoms with Gasteiger partial charge >= 0.3 is 0 Å². The van der Waals surface area contributed by atoms with Crippen LogP contribution in [0.4, 0.5) is 5.69 Å². The second-order valence-electron chi connectivity index (χ2n) is 5.78. The summed E-state index contributed by atoms with van der Waals surface area (Å²) in [5.41, 5.74) is 1.06. The van der Waals surface area contributed by atoms with Crippen LogP contribution in [0.15, 0.2) is 65.2 Å². The molecule has 0 unspecified atom stereocenters. The van der Waals surface area contributed by atoms with E-state index in [9.17, 15) is 14.4 Å². The van der Waals surface area contributed by atoms with Crippen molar-refractivity contribution >= 4 is 23.3 Å². The lowest BCUT2D eigenvalue weighted by atomic mass is 10.1. The molecule has 7 heteroatoms. The average molecular weight is 363 g/mol. The van der Waals surface area contributed by atoms with E-state index in [4.69, 9.17) is 4.52 Å². The minimum absolute atomic E-state index is 0.0399. The van der Waals surface area contributed by atoms with E-state index in [0.29, 0.717) is 5.56 Å². The van der Waals surface area contributed by atoms with Gasteiger partial charge in [-0.3, -0.25) is 14.4 Å². The molecule has 0 aliphatic heterocycles. The van der Waals surface area contributed by atoms with E-state index < -0.39 is 17.6 Å². The molecule has 0 radical (unpaired) electrons. The Morgan fingerprint density at radius 2 is 1.59 bits per heavy atom. The SMILES string of the molecule is CC(=O)Nc1c(C(=O)NCc2ccccc2)noc1C(=O)c1ccccc1. The maximum Gasteiger partial charge on any atom is 0.275 e. The number of carbonyl (C=O) groups is 3. The molecular formula is C20H17N3O4. The van der Waals surface area contributed by atoms with E-state index in [2.05, 4.69) is 15.8 Å². The minimum Gasteiger partial charge on any atom is -0.350 e. The fourth-order valence-corrected chi connectivity index (χ4v) is 2.47. The van der Waals surface area contributed by atoms with Crippen LogP contribution in [0.25, 0.3) is 0 Å². The number of amides is 2. The Labute approximate surface area is 155 Å². The molecule has 2 amide bonds. The molecule has 0 atom stereocenters. The van der Waals surface area contributed by atoms with Crippen molar-refractivity contribution in [2.45, 2.75) is 13.5 Å². The molecule has 0 saturated carbocycles. The fraction of sp³-hybridized carbons (Fsp3) is 0.100. The Morgan fingerprint density at radius 1 is 0.963 bits per heavy atom. The van der Waals surface area contributed by atoms with Gasteiger partial charge in [0.2, 0.25) is 17.5 Å². The number of benzene rings is 2. The van der Waals surface area contributed by atoms with Crippen molar-refractivity contribution in [1.29, 1.82) is 0 Å². The van der Waals surface area contributed by atoms with Gasteiger partial charge in [-0.05, 0) is 5.56 Å². The number of anilines is 1. The zero-order valence-corrected chi connectivity index (χ0v) is 14.6. The molecule has 0 fully saturated rings. The molecule has 136 valence electrons. The van der Waals surface area contributed by atoms with Crippen molar-refractivity contribution in [3.63, 3.8) is 0 Å². The Hall–Kier alpha value is -3.74. The van der Waals surface area contributed by atoms with E-state index in [-0.39, 0.29) is 23.7 Å². The van der Waals surface area contributed by atoms with E-state index in [1.54, 1.807) is 30.3 Å². The van der Waals surface area contributed by atoms with Crippen molar-refractivity contribution < 1.29 is 18.9 Å². The summed E-state index contributed by atoms with van der Waals surface area (Å²) in [6, 6.07) is 17.7. The Balaban J connectivity index is 1.86. The molecular weight excluding hydrogens is 346 g/mol. The highest BCUT2D eigenvalue weighted by atomic mass is 16.5. The third-order valence-electron chi connectivity index (χ3n) is 3.75. The normalized spacial score (nSPS) is 10.3. The molecule has 0 saturated heterocycles. The molecule has 3 rings (SSSR count). The minimum atomic E-state index is -0.557. The van der Waals surface area contributed by atoms with Gasteiger partial charge in [-0.25, -0.2) is 0 Å². The summed E-state index contributed by atoms with van der Waals surface area (Å²) < 4.78 is 5.11. The van der Waals surface area contributed by atoms with Gasteiger partial charge in [-0.2, -0.15) is 0 Å². The van der Waals surface area contributed by atoms with Crippen molar-refractivity contribution in [3.8, 4) is 0 Å². The maximum absolute atomic E-state index is 12.6. The molecule has 2 N–H and O–H groups in total. The number of nitrogens with one attached hydrogen (secondary N) is 2. The van der Waals surface area contributed by atoms with Crippen molar-refractivity contribution in [2.24, 2.45) is 0 Å². The summed E-state index contributed by atoms with van der Waals surface area (Å²) in [6.45, 7) is 1.55. The summed E-state index contributed by atoms with van der Waals surface area (Å²) in [6.07, 6.45) is 0. The lowest BCUT2D eigenvalue weighted by Gasteiger charge is -2.06. The molecule has 0 aliphatic carbocycles. The lowest BCUT2D eigenvalue weighted by Crippen LogP contribution is -2.25. The number of rotatable bonds is 6. The van der Waals surface area contributed by atoms with E-state index in [1.165, 1.54) is 6.92 Å². The molecule has 0 bridgehead atoms. The van der Waals surface area contributed by atoms with Gasteiger partial charge in [0.05, 0.1) is 0 Å². The van der Waals surface area contributed by atoms with E-state index >= 15 is 0 Å². The number of ketones is 1. The molecule has 1 aromatic heterocycles. The van der Waals surface area contributed by atoms with E-state index in [1.807, 2.05) is 30.3 Å². The monoisotopic (exact) mass is 363 g/mol. The topological polar surface area (TPSA) is 101 Å². The van der Waals surface area contributed by atoms with Gasteiger partial charge < -0.3 is 15.2 Å². The first-order valence-electron chi connectivity index (χ1n) is 8.25. The van der Waals surface area contributed by atoms with Crippen LogP contribution < -0.4 is 10.6 Å². The Bertz CT molecular complexity index is 965. The number of carbonyl (C=O) groups excluding carboxylic acids is 3. The van der Waals surface area contributed by atoms with Crippen LogP contribution in [0, 0.1) is 0 Å². The van der Waals surface area contributed by atoms with Gasteiger partial charge in [0, 0.05) is 19.0 Å². The predicted octanol–water partition coefficient (Wildman–Crippen LogP) is 2.79. The van der Waals surface area contributed by atoms with Crippen LogP contribution in [-0.4, -0.2) is 22.8 Å². The van der Waals surface area contributed by atoms with Crippen molar-refractivity contribution in [3.05, 3.63) is 83.2 Å². The van der Waals surface area contributed by atoms with Crippen LogP contribution in [-0.2, 0) is 11.3 Å². The van der Waals surface area contributed by atoms with Crippen LogP contribution >= 0.6 is 0 Å². The lowest BCUT2D eigenvalue weighted by molar-refractivity contribution is -0.114. The van der Waals surface area contributed by atoms with E-state index in [0.717, 1.165) is 5.56 Å². The second kappa shape index (κ2) is 8.09. The summed E-state index contributed by atoms with van der Waals surface area (Å²) in [5, 5.41) is 8.88. The van der Waals surface area contributed by atoms with Gasteiger partial charge in [0.25, 0.3) is 5.91 Å². The first kappa shape index (κ1) is 18.1. The third kappa shape index (κ3) is 4.27. The molecule has 3 aromatic rings. The summed E-state index contributed by atoms with van der Waals surface area (Å²) in [7, 11) is 0. The Morgan fingerprint density at radius 3 is 2.22 bits per heavy atom. The zero-order chi connectivity index (χ0) is 19.2. The molecule has 0 spiro atoms. The quantitative estimate of drug-likeness (QED) is 0.656. The highest BCUT2D eigenvalue weighted by Crippen LogP contribution is 2.24.